The number of nitrogen functional groups attached to an aromatic ring is 1. The van der Waals surface area contributed by atoms with Crippen molar-refractivity contribution in [3.05, 3.63) is 59.7 Å². The normalized spacial score (nSPS) is 15.9. The van der Waals surface area contributed by atoms with Gasteiger partial charge in [-0.1, -0.05) is 18.2 Å². The Morgan fingerprint density at radius 3 is 2.93 bits per heavy atom. The minimum atomic E-state index is -0.813. The summed E-state index contributed by atoms with van der Waals surface area (Å²) in [6.45, 7) is -0.178. The lowest BCUT2D eigenvalue weighted by Crippen LogP contribution is -2.28. The predicted molar refractivity (Wildman–Crippen MR) is 96.1 cm³/mol. The predicted octanol–water partition coefficient (Wildman–Crippen LogP) is 2.52. The standard InChI is InChI=1S/C19H15FN4O3/c20-10-5-6-11-13(8-17(25)23-15(11)7-10)19(26)27-9-16-22-14-4-2-1-3-12(14)18(21)24-16/h1-7,13H,8-9H2,(H,23,25)(H2,21,22,24). The lowest BCUT2D eigenvalue weighted by molar-refractivity contribution is -0.148. The molecule has 0 spiro atoms. The molecule has 0 aliphatic carbocycles. The van der Waals surface area contributed by atoms with Crippen molar-refractivity contribution in [3.8, 4) is 0 Å². The second-order valence-electron chi connectivity index (χ2n) is 6.19. The van der Waals surface area contributed by atoms with Crippen LogP contribution in [0.4, 0.5) is 15.9 Å². The minimum Gasteiger partial charge on any atom is -0.457 e. The third-order valence-electron chi connectivity index (χ3n) is 4.36. The van der Waals surface area contributed by atoms with Gasteiger partial charge in [-0.3, -0.25) is 9.59 Å². The van der Waals surface area contributed by atoms with Crippen LogP contribution in [-0.2, 0) is 20.9 Å². The molecule has 0 fully saturated rings. The van der Waals surface area contributed by atoms with Gasteiger partial charge in [0.05, 0.1) is 11.4 Å². The van der Waals surface area contributed by atoms with Crippen LogP contribution in [0.1, 0.15) is 23.7 Å². The average molecular weight is 366 g/mol. The highest BCUT2D eigenvalue weighted by Crippen LogP contribution is 2.33. The van der Waals surface area contributed by atoms with Crippen molar-refractivity contribution in [3.63, 3.8) is 0 Å². The third kappa shape index (κ3) is 3.29. The topological polar surface area (TPSA) is 107 Å². The highest BCUT2D eigenvalue weighted by Gasteiger charge is 2.32. The van der Waals surface area contributed by atoms with Crippen LogP contribution in [-0.4, -0.2) is 21.8 Å². The number of nitrogens with two attached hydrogens (primary N) is 1. The van der Waals surface area contributed by atoms with E-state index in [0.717, 1.165) is 0 Å². The van der Waals surface area contributed by atoms with Gasteiger partial charge in [0, 0.05) is 17.5 Å². The molecule has 2 heterocycles. The Hall–Kier alpha value is -3.55. The number of benzene rings is 2. The van der Waals surface area contributed by atoms with Crippen molar-refractivity contribution in [1.82, 2.24) is 9.97 Å². The van der Waals surface area contributed by atoms with Gasteiger partial charge in [-0.15, -0.1) is 0 Å². The van der Waals surface area contributed by atoms with Gasteiger partial charge in [0.2, 0.25) is 5.91 Å². The number of hydrogen-bond donors (Lipinski definition) is 2. The van der Waals surface area contributed by atoms with E-state index in [1.807, 2.05) is 12.1 Å². The van der Waals surface area contributed by atoms with Crippen molar-refractivity contribution in [2.45, 2.75) is 18.9 Å². The number of fused-ring (bicyclic) bond motifs is 2. The van der Waals surface area contributed by atoms with E-state index in [-0.39, 0.29) is 30.4 Å². The number of anilines is 2. The number of carbonyl (C=O) groups excluding carboxylic acids is 2. The van der Waals surface area contributed by atoms with E-state index in [2.05, 4.69) is 15.3 Å². The molecule has 3 N–H and O–H groups in total. The molecule has 2 aromatic carbocycles. The number of rotatable bonds is 3. The summed E-state index contributed by atoms with van der Waals surface area (Å²) in [6.07, 6.45) is -0.0712. The van der Waals surface area contributed by atoms with Crippen LogP contribution < -0.4 is 11.1 Å². The van der Waals surface area contributed by atoms with Crippen LogP contribution >= 0.6 is 0 Å². The summed E-state index contributed by atoms with van der Waals surface area (Å²) in [5.41, 5.74) is 7.36. The molecule has 4 rings (SSSR count). The number of nitrogens with zero attached hydrogens (tertiary/aromatic N) is 2. The summed E-state index contributed by atoms with van der Waals surface area (Å²) in [5, 5.41) is 3.27. The molecule has 3 aromatic rings. The second kappa shape index (κ2) is 6.64. The summed E-state index contributed by atoms with van der Waals surface area (Å²) < 4.78 is 18.7. The van der Waals surface area contributed by atoms with E-state index in [1.165, 1.54) is 18.2 Å². The Morgan fingerprint density at radius 1 is 1.26 bits per heavy atom. The van der Waals surface area contributed by atoms with Gasteiger partial charge >= 0.3 is 5.97 Å². The Bertz CT molecular complexity index is 1070. The van der Waals surface area contributed by atoms with Gasteiger partial charge in [0.15, 0.2) is 12.4 Å². The Balaban J connectivity index is 1.54. The number of hydrogen-bond acceptors (Lipinski definition) is 6. The monoisotopic (exact) mass is 366 g/mol. The molecule has 0 saturated carbocycles. The summed E-state index contributed by atoms with van der Waals surface area (Å²) in [6, 6.07) is 11.1. The number of amides is 1. The fourth-order valence-electron chi connectivity index (χ4n) is 3.10. The summed E-state index contributed by atoms with van der Waals surface area (Å²) >= 11 is 0. The highest BCUT2D eigenvalue weighted by molar-refractivity contribution is 6.00. The lowest BCUT2D eigenvalue weighted by atomic mass is 9.90. The van der Waals surface area contributed by atoms with Crippen LogP contribution in [0, 0.1) is 5.82 Å². The Kier molecular flexibility index (Phi) is 4.15. The number of halogens is 1. The zero-order valence-corrected chi connectivity index (χ0v) is 14.1. The number of esters is 1. The molecule has 27 heavy (non-hydrogen) atoms. The SMILES string of the molecule is Nc1nc(COC(=O)C2CC(=O)Nc3cc(F)ccc32)nc2ccccc12. The third-order valence-corrected chi connectivity index (χ3v) is 4.36. The largest absolute Gasteiger partial charge is 0.457 e. The van der Waals surface area contributed by atoms with Crippen molar-refractivity contribution in [2.75, 3.05) is 11.1 Å². The first-order valence-electron chi connectivity index (χ1n) is 8.28. The first-order valence-corrected chi connectivity index (χ1v) is 8.28. The molecule has 0 saturated heterocycles. The highest BCUT2D eigenvalue weighted by atomic mass is 19.1. The maximum Gasteiger partial charge on any atom is 0.314 e. The van der Waals surface area contributed by atoms with E-state index < -0.39 is 17.7 Å². The Labute approximate surface area is 153 Å². The van der Waals surface area contributed by atoms with Gasteiger partial charge in [-0.25, -0.2) is 14.4 Å². The van der Waals surface area contributed by atoms with Gasteiger partial charge in [0.1, 0.15) is 11.6 Å². The summed E-state index contributed by atoms with van der Waals surface area (Å²) in [4.78, 5) is 32.8. The molecule has 0 bridgehead atoms. The molecular weight excluding hydrogens is 351 g/mol. The van der Waals surface area contributed by atoms with E-state index in [4.69, 9.17) is 10.5 Å². The fourth-order valence-corrected chi connectivity index (χ4v) is 3.10. The smallest absolute Gasteiger partial charge is 0.314 e. The fraction of sp³-hybridized carbons (Fsp3) is 0.158. The second-order valence-corrected chi connectivity index (χ2v) is 6.19. The zero-order valence-electron chi connectivity index (χ0n) is 14.1. The van der Waals surface area contributed by atoms with Crippen molar-refractivity contribution >= 4 is 34.3 Å². The number of ether oxygens (including phenoxy) is 1. The summed E-state index contributed by atoms with van der Waals surface area (Å²) in [7, 11) is 0. The van der Waals surface area contributed by atoms with Gasteiger partial charge in [0.25, 0.3) is 0 Å². The molecule has 0 radical (unpaired) electrons. The van der Waals surface area contributed by atoms with Gasteiger partial charge < -0.3 is 15.8 Å². The Morgan fingerprint density at radius 2 is 2.07 bits per heavy atom. The van der Waals surface area contributed by atoms with Crippen LogP contribution in [0.5, 0.6) is 0 Å². The molecule has 1 amide bonds. The van der Waals surface area contributed by atoms with Crippen molar-refractivity contribution < 1.29 is 18.7 Å². The number of nitrogens with one attached hydrogen (secondary N) is 1. The first kappa shape index (κ1) is 16.9. The van der Waals surface area contributed by atoms with Gasteiger partial charge in [-0.05, 0) is 29.8 Å². The molecule has 7 nitrogen and oxygen atoms in total. The number of para-hydroxylation sites is 1. The maximum atomic E-state index is 13.4. The van der Waals surface area contributed by atoms with Crippen LogP contribution in [0.25, 0.3) is 10.9 Å². The maximum absolute atomic E-state index is 13.4. The van der Waals surface area contributed by atoms with E-state index in [9.17, 15) is 14.0 Å². The first-order chi connectivity index (χ1) is 13.0. The molecule has 1 unspecified atom stereocenters. The molecule has 8 heteroatoms. The zero-order chi connectivity index (χ0) is 19.0. The molecular formula is C19H15FN4O3. The number of aromatic nitrogens is 2. The van der Waals surface area contributed by atoms with E-state index in [1.54, 1.807) is 12.1 Å². The quantitative estimate of drug-likeness (QED) is 0.690. The molecule has 1 atom stereocenters. The minimum absolute atomic E-state index is 0.0712. The average Bonchev–Trinajstić information content (AvgIpc) is 2.65. The van der Waals surface area contributed by atoms with Crippen molar-refractivity contribution in [2.24, 2.45) is 0 Å². The van der Waals surface area contributed by atoms with Crippen molar-refractivity contribution in [1.29, 1.82) is 0 Å². The molecule has 1 aliphatic heterocycles. The molecule has 1 aliphatic rings. The molecule has 1 aromatic heterocycles. The summed E-state index contributed by atoms with van der Waals surface area (Å²) in [5.74, 6) is -1.73. The van der Waals surface area contributed by atoms with E-state index >= 15 is 0 Å². The lowest BCUT2D eigenvalue weighted by Gasteiger charge is -2.24. The molecule has 136 valence electrons. The van der Waals surface area contributed by atoms with Crippen LogP contribution in [0.15, 0.2) is 42.5 Å². The van der Waals surface area contributed by atoms with Crippen LogP contribution in [0.3, 0.4) is 0 Å². The van der Waals surface area contributed by atoms with E-state index in [0.29, 0.717) is 22.3 Å². The van der Waals surface area contributed by atoms with Gasteiger partial charge in [-0.2, -0.15) is 0 Å². The van der Waals surface area contributed by atoms with Crippen LogP contribution in [0.2, 0.25) is 0 Å². The number of carbonyl (C=O) groups is 2.